The molecule has 0 spiro atoms. The van der Waals surface area contributed by atoms with Crippen molar-refractivity contribution in [3.63, 3.8) is 0 Å². The van der Waals surface area contributed by atoms with Crippen LogP contribution in [0, 0.1) is 0 Å². The Morgan fingerprint density at radius 2 is 2.06 bits per heavy atom. The third-order valence-corrected chi connectivity index (χ3v) is 3.30. The van der Waals surface area contributed by atoms with E-state index >= 15 is 0 Å². The normalized spacial score (nSPS) is 10.2. The summed E-state index contributed by atoms with van der Waals surface area (Å²) < 4.78 is 0. The summed E-state index contributed by atoms with van der Waals surface area (Å²) in [7, 11) is 5.36. The molecule has 0 saturated carbocycles. The first-order chi connectivity index (χ1) is 7.47. The number of thiazole rings is 1. The number of nitrogens with zero attached hydrogens (tertiary/aromatic N) is 3. The van der Waals surface area contributed by atoms with E-state index in [-0.39, 0.29) is 5.91 Å². The van der Waals surface area contributed by atoms with Crippen LogP contribution in [-0.4, -0.2) is 43.5 Å². The number of anilines is 2. The largest absolute Gasteiger partial charge is 0.382 e. The number of aromatic nitrogens is 1. The summed E-state index contributed by atoms with van der Waals surface area (Å²) in [6, 6.07) is 0. The fourth-order valence-corrected chi connectivity index (χ4v) is 2.26. The predicted molar refractivity (Wildman–Crippen MR) is 68.1 cm³/mol. The Hall–Kier alpha value is -1.30. The monoisotopic (exact) mass is 242 g/mol. The van der Waals surface area contributed by atoms with Crippen LogP contribution in [0.3, 0.4) is 0 Å². The van der Waals surface area contributed by atoms with E-state index < -0.39 is 0 Å². The minimum Gasteiger partial charge on any atom is -0.382 e. The average molecular weight is 242 g/mol. The number of nitrogen functional groups attached to an aromatic ring is 1. The Morgan fingerprint density at radius 1 is 1.44 bits per heavy atom. The summed E-state index contributed by atoms with van der Waals surface area (Å²) in [5.41, 5.74) is 5.74. The van der Waals surface area contributed by atoms with Crippen molar-refractivity contribution >= 4 is 28.2 Å². The summed E-state index contributed by atoms with van der Waals surface area (Å²) in [6.45, 7) is 3.00. The number of rotatable bonds is 4. The summed E-state index contributed by atoms with van der Waals surface area (Å²) in [5, 5.41) is 0.796. The van der Waals surface area contributed by atoms with Gasteiger partial charge in [0.05, 0.1) is 0 Å². The molecule has 0 bridgehead atoms. The lowest BCUT2D eigenvalue weighted by atomic mass is 10.4. The highest BCUT2D eigenvalue weighted by molar-refractivity contribution is 7.18. The second kappa shape index (κ2) is 5.16. The topological polar surface area (TPSA) is 62.5 Å². The highest BCUT2D eigenvalue weighted by Crippen LogP contribution is 2.28. The van der Waals surface area contributed by atoms with Crippen molar-refractivity contribution in [1.29, 1.82) is 0 Å². The standard InChI is InChI=1S/C10H18N4OS/c1-5-6-14(4)10-12-8(11)7(16-10)9(15)13(2)3/h5-6,11H2,1-4H3. The van der Waals surface area contributed by atoms with Gasteiger partial charge < -0.3 is 15.5 Å². The number of hydrogen-bond acceptors (Lipinski definition) is 5. The Bertz CT molecular complexity index is 375. The Kier molecular flexibility index (Phi) is 4.12. The van der Waals surface area contributed by atoms with Gasteiger partial charge in [0.25, 0.3) is 5.91 Å². The molecule has 5 nitrogen and oxygen atoms in total. The van der Waals surface area contributed by atoms with Crippen molar-refractivity contribution in [2.24, 2.45) is 0 Å². The average Bonchev–Trinajstić information content (AvgIpc) is 2.59. The van der Waals surface area contributed by atoms with Crippen LogP contribution < -0.4 is 10.6 Å². The zero-order valence-corrected chi connectivity index (χ0v) is 11.0. The maximum absolute atomic E-state index is 11.8. The quantitative estimate of drug-likeness (QED) is 0.863. The molecule has 1 rings (SSSR count). The smallest absolute Gasteiger partial charge is 0.267 e. The maximum atomic E-state index is 11.8. The summed E-state index contributed by atoms with van der Waals surface area (Å²) in [6.07, 6.45) is 1.03. The molecule has 2 N–H and O–H groups in total. The predicted octanol–water partition coefficient (Wildman–Crippen LogP) is 1.27. The van der Waals surface area contributed by atoms with Gasteiger partial charge in [0.2, 0.25) is 0 Å². The van der Waals surface area contributed by atoms with Gasteiger partial charge in [-0.25, -0.2) is 4.98 Å². The highest BCUT2D eigenvalue weighted by atomic mass is 32.1. The number of nitrogens with two attached hydrogens (primary N) is 1. The molecule has 0 fully saturated rings. The second-order valence-electron chi connectivity index (χ2n) is 3.83. The molecule has 1 aromatic rings. The van der Waals surface area contributed by atoms with Gasteiger partial charge in [0.1, 0.15) is 10.7 Å². The van der Waals surface area contributed by atoms with Gasteiger partial charge in [-0.3, -0.25) is 4.79 Å². The second-order valence-corrected chi connectivity index (χ2v) is 4.81. The van der Waals surface area contributed by atoms with E-state index in [4.69, 9.17) is 5.73 Å². The first-order valence-corrected chi connectivity index (χ1v) is 5.98. The Morgan fingerprint density at radius 3 is 2.56 bits per heavy atom. The summed E-state index contributed by atoms with van der Waals surface area (Å²) in [5.74, 6) is 0.229. The first-order valence-electron chi connectivity index (χ1n) is 5.16. The molecule has 0 aliphatic carbocycles. The van der Waals surface area contributed by atoms with E-state index in [1.165, 1.54) is 16.2 Å². The minimum atomic E-state index is -0.0915. The number of amides is 1. The molecule has 0 atom stereocenters. The van der Waals surface area contributed by atoms with E-state index in [9.17, 15) is 4.79 Å². The van der Waals surface area contributed by atoms with E-state index in [1.807, 2.05) is 11.9 Å². The molecule has 1 heterocycles. The molecule has 0 radical (unpaired) electrons. The van der Waals surface area contributed by atoms with Crippen molar-refractivity contribution < 1.29 is 4.79 Å². The van der Waals surface area contributed by atoms with E-state index in [2.05, 4.69) is 11.9 Å². The van der Waals surface area contributed by atoms with Gasteiger partial charge in [-0.2, -0.15) is 0 Å². The molecule has 1 aromatic heterocycles. The van der Waals surface area contributed by atoms with Crippen LogP contribution in [0.25, 0.3) is 0 Å². The van der Waals surface area contributed by atoms with Crippen LogP contribution in [0.5, 0.6) is 0 Å². The fraction of sp³-hybridized carbons (Fsp3) is 0.600. The molecule has 0 aliphatic rings. The third-order valence-electron chi connectivity index (χ3n) is 2.13. The van der Waals surface area contributed by atoms with E-state index in [0.29, 0.717) is 10.7 Å². The van der Waals surface area contributed by atoms with Crippen molar-refractivity contribution in [3.05, 3.63) is 4.88 Å². The molecule has 6 heteroatoms. The molecular weight excluding hydrogens is 224 g/mol. The third kappa shape index (κ3) is 2.63. The molecule has 16 heavy (non-hydrogen) atoms. The maximum Gasteiger partial charge on any atom is 0.267 e. The van der Waals surface area contributed by atoms with Gasteiger partial charge in [0, 0.05) is 27.7 Å². The van der Waals surface area contributed by atoms with Crippen molar-refractivity contribution in [2.45, 2.75) is 13.3 Å². The molecule has 0 aliphatic heterocycles. The van der Waals surface area contributed by atoms with Crippen LogP contribution in [0.4, 0.5) is 10.9 Å². The van der Waals surface area contributed by atoms with Gasteiger partial charge in [-0.05, 0) is 6.42 Å². The van der Waals surface area contributed by atoms with Crippen molar-refractivity contribution in [1.82, 2.24) is 9.88 Å². The highest BCUT2D eigenvalue weighted by Gasteiger charge is 2.18. The number of hydrogen-bond donors (Lipinski definition) is 1. The molecule has 0 unspecified atom stereocenters. The number of carbonyl (C=O) groups excluding carboxylic acids is 1. The summed E-state index contributed by atoms with van der Waals surface area (Å²) in [4.78, 5) is 20.0. The lowest BCUT2D eigenvalue weighted by Gasteiger charge is -2.13. The van der Waals surface area contributed by atoms with Gasteiger partial charge in [-0.15, -0.1) is 0 Å². The molecule has 90 valence electrons. The van der Waals surface area contributed by atoms with E-state index in [0.717, 1.165) is 18.1 Å². The zero-order valence-electron chi connectivity index (χ0n) is 10.1. The molecule has 0 saturated heterocycles. The zero-order chi connectivity index (χ0) is 12.3. The van der Waals surface area contributed by atoms with Crippen LogP contribution in [0.2, 0.25) is 0 Å². The molecular formula is C10H18N4OS. The molecule has 1 amide bonds. The van der Waals surface area contributed by atoms with Crippen LogP contribution >= 0.6 is 11.3 Å². The van der Waals surface area contributed by atoms with Crippen LogP contribution in [0.1, 0.15) is 23.0 Å². The summed E-state index contributed by atoms with van der Waals surface area (Å²) >= 11 is 1.34. The molecule has 0 aromatic carbocycles. The SMILES string of the molecule is CCCN(C)c1nc(N)c(C(=O)N(C)C)s1. The lowest BCUT2D eigenvalue weighted by molar-refractivity contribution is 0.0833. The minimum absolute atomic E-state index is 0.0915. The first kappa shape index (κ1) is 12.8. The van der Waals surface area contributed by atoms with Crippen LogP contribution in [-0.2, 0) is 0 Å². The van der Waals surface area contributed by atoms with Crippen molar-refractivity contribution in [2.75, 3.05) is 38.3 Å². The van der Waals surface area contributed by atoms with Crippen molar-refractivity contribution in [3.8, 4) is 0 Å². The number of carbonyl (C=O) groups is 1. The van der Waals surface area contributed by atoms with Gasteiger partial charge >= 0.3 is 0 Å². The van der Waals surface area contributed by atoms with Crippen LogP contribution in [0.15, 0.2) is 0 Å². The fourth-order valence-electron chi connectivity index (χ4n) is 1.27. The van der Waals surface area contributed by atoms with E-state index in [1.54, 1.807) is 14.1 Å². The lowest BCUT2D eigenvalue weighted by Crippen LogP contribution is -2.21. The Labute approximate surface area is 99.9 Å². The van der Waals surface area contributed by atoms with Gasteiger partial charge in [0.15, 0.2) is 5.13 Å². The van der Waals surface area contributed by atoms with Gasteiger partial charge in [-0.1, -0.05) is 18.3 Å². The Balaban J connectivity index is 2.93.